The van der Waals surface area contributed by atoms with Crippen LogP contribution < -0.4 is 0 Å². The van der Waals surface area contributed by atoms with E-state index in [4.69, 9.17) is 0 Å². The first-order valence-electron chi connectivity index (χ1n) is 7.01. The number of nitrogens with zero attached hydrogens (tertiary/aromatic N) is 3. The molecule has 3 rings (SSSR count). The lowest BCUT2D eigenvalue weighted by atomic mass is 10.1. The van der Waals surface area contributed by atoms with Crippen LogP contribution in [0.1, 0.15) is 28.9 Å². The summed E-state index contributed by atoms with van der Waals surface area (Å²) >= 11 is 0. The lowest BCUT2D eigenvalue weighted by molar-refractivity contribution is -0.159. The molecule has 0 bridgehead atoms. The molecule has 0 aliphatic carbocycles. The summed E-state index contributed by atoms with van der Waals surface area (Å²) in [6, 6.07) is 10.2. The SMILES string of the molecule is CC(=O)c1cccn1Cc1ccc(-c2noc(C(F)(F)F)n2)cc1. The van der Waals surface area contributed by atoms with Crippen LogP contribution in [0, 0.1) is 0 Å². The zero-order valence-corrected chi connectivity index (χ0v) is 12.5. The molecule has 0 aliphatic rings. The van der Waals surface area contributed by atoms with Gasteiger partial charge in [0.05, 0.1) is 5.69 Å². The van der Waals surface area contributed by atoms with Gasteiger partial charge in [-0.1, -0.05) is 29.4 Å². The Bertz CT molecular complexity index is 863. The van der Waals surface area contributed by atoms with Crippen molar-refractivity contribution in [3.8, 4) is 11.4 Å². The molecule has 0 N–H and O–H groups in total. The number of halogens is 3. The molecule has 2 aromatic heterocycles. The van der Waals surface area contributed by atoms with Crippen LogP contribution in [0.4, 0.5) is 13.2 Å². The van der Waals surface area contributed by atoms with Crippen LogP contribution in [0.25, 0.3) is 11.4 Å². The normalized spacial score (nSPS) is 11.7. The van der Waals surface area contributed by atoms with Crippen molar-refractivity contribution in [2.24, 2.45) is 0 Å². The Labute approximate surface area is 134 Å². The molecule has 0 aliphatic heterocycles. The molecule has 0 unspecified atom stereocenters. The van der Waals surface area contributed by atoms with Gasteiger partial charge >= 0.3 is 12.1 Å². The van der Waals surface area contributed by atoms with E-state index in [2.05, 4.69) is 14.7 Å². The lowest BCUT2D eigenvalue weighted by Gasteiger charge is -2.07. The maximum absolute atomic E-state index is 12.5. The monoisotopic (exact) mass is 335 g/mol. The van der Waals surface area contributed by atoms with E-state index in [9.17, 15) is 18.0 Å². The molecule has 0 saturated carbocycles. The van der Waals surface area contributed by atoms with Gasteiger partial charge in [-0.2, -0.15) is 18.2 Å². The standard InChI is InChI=1S/C16H12F3N3O2/c1-10(23)13-3-2-8-22(13)9-11-4-6-12(7-5-11)14-20-15(24-21-14)16(17,18)19/h2-8H,9H2,1H3. The predicted octanol–water partition coefficient (Wildman–Crippen LogP) is 3.81. The second kappa shape index (κ2) is 5.95. The molecule has 124 valence electrons. The van der Waals surface area contributed by atoms with Crippen LogP contribution in [-0.4, -0.2) is 20.5 Å². The Morgan fingerprint density at radius 2 is 1.92 bits per heavy atom. The second-order valence-corrected chi connectivity index (χ2v) is 5.20. The first-order valence-corrected chi connectivity index (χ1v) is 7.01. The van der Waals surface area contributed by atoms with Crippen molar-refractivity contribution >= 4 is 5.78 Å². The number of ketones is 1. The molecule has 0 atom stereocenters. The second-order valence-electron chi connectivity index (χ2n) is 5.20. The molecule has 0 saturated heterocycles. The predicted molar refractivity (Wildman–Crippen MR) is 78.3 cm³/mol. The highest BCUT2D eigenvalue weighted by molar-refractivity contribution is 5.92. The van der Waals surface area contributed by atoms with E-state index < -0.39 is 12.1 Å². The summed E-state index contributed by atoms with van der Waals surface area (Å²) < 4.78 is 43.4. The molecule has 5 nitrogen and oxygen atoms in total. The number of benzene rings is 1. The third-order valence-electron chi connectivity index (χ3n) is 3.42. The van der Waals surface area contributed by atoms with Gasteiger partial charge in [0.15, 0.2) is 5.78 Å². The minimum Gasteiger partial charge on any atom is -0.341 e. The van der Waals surface area contributed by atoms with E-state index >= 15 is 0 Å². The van der Waals surface area contributed by atoms with Crippen LogP contribution in [0.15, 0.2) is 47.1 Å². The highest BCUT2D eigenvalue weighted by Crippen LogP contribution is 2.29. The van der Waals surface area contributed by atoms with Crippen molar-refractivity contribution in [1.82, 2.24) is 14.7 Å². The summed E-state index contributed by atoms with van der Waals surface area (Å²) in [7, 11) is 0. The van der Waals surface area contributed by atoms with Gasteiger partial charge in [0.1, 0.15) is 0 Å². The highest BCUT2D eigenvalue weighted by Gasteiger charge is 2.38. The number of hydrogen-bond acceptors (Lipinski definition) is 4. The van der Waals surface area contributed by atoms with Crippen molar-refractivity contribution in [2.45, 2.75) is 19.6 Å². The summed E-state index contributed by atoms with van der Waals surface area (Å²) in [6.45, 7) is 1.96. The van der Waals surface area contributed by atoms with E-state index in [0.29, 0.717) is 17.8 Å². The van der Waals surface area contributed by atoms with Crippen molar-refractivity contribution in [1.29, 1.82) is 0 Å². The van der Waals surface area contributed by atoms with Gasteiger partial charge in [0.25, 0.3) is 0 Å². The average Bonchev–Trinajstić information content (AvgIpc) is 3.16. The number of alkyl halides is 3. The number of hydrogen-bond donors (Lipinski definition) is 0. The molecular weight excluding hydrogens is 323 g/mol. The van der Waals surface area contributed by atoms with Gasteiger partial charge in [0, 0.05) is 25.2 Å². The van der Waals surface area contributed by atoms with Gasteiger partial charge in [-0.15, -0.1) is 0 Å². The average molecular weight is 335 g/mol. The zero-order chi connectivity index (χ0) is 17.3. The molecule has 0 radical (unpaired) electrons. The van der Waals surface area contributed by atoms with Crippen molar-refractivity contribution in [3.63, 3.8) is 0 Å². The number of carbonyl (C=O) groups is 1. The lowest BCUT2D eigenvalue weighted by Crippen LogP contribution is -2.06. The Kier molecular flexibility index (Phi) is 3.96. The molecule has 0 spiro atoms. The van der Waals surface area contributed by atoms with E-state index in [0.717, 1.165) is 5.56 Å². The Hall–Kier alpha value is -2.90. The topological polar surface area (TPSA) is 60.9 Å². The first-order chi connectivity index (χ1) is 11.3. The Balaban J connectivity index is 1.79. The number of Topliss-reactive ketones (excluding diaryl/α,β-unsaturated/α-hetero) is 1. The molecule has 1 aromatic carbocycles. The maximum atomic E-state index is 12.5. The fourth-order valence-corrected chi connectivity index (χ4v) is 2.28. The van der Waals surface area contributed by atoms with Crippen molar-refractivity contribution < 1.29 is 22.5 Å². The van der Waals surface area contributed by atoms with E-state index in [-0.39, 0.29) is 11.6 Å². The van der Waals surface area contributed by atoms with E-state index in [1.54, 1.807) is 47.2 Å². The Morgan fingerprint density at radius 1 is 1.21 bits per heavy atom. The third-order valence-corrected chi connectivity index (χ3v) is 3.42. The molecular formula is C16H12F3N3O2. The first kappa shape index (κ1) is 16.0. The highest BCUT2D eigenvalue weighted by atomic mass is 19.4. The van der Waals surface area contributed by atoms with Crippen LogP contribution in [-0.2, 0) is 12.7 Å². The molecule has 2 heterocycles. The van der Waals surface area contributed by atoms with E-state index in [1.807, 2.05) is 0 Å². The van der Waals surface area contributed by atoms with Crippen LogP contribution >= 0.6 is 0 Å². The smallest absolute Gasteiger partial charge is 0.341 e. The molecule has 0 amide bonds. The summed E-state index contributed by atoms with van der Waals surface area (Å²) in [5, 5.41) is 3.34. The van der Waals surface area contributed by atoms with Crippen LogP contribution in [0.3, 0.4) is 0 Å². The number of aromatic nitrogens is 3. The molecule has 8 heteroatoms. The van der Waals surface area contributed by atoms with Crippen molar-refractivity contribution in [2.75, 3.05) is 0 Å². The minimum atomic E-state index is -4.66. The number of rotatable bonds is 4. The van der Waals surface area contributed by atoms with Gasteiger partial charge in [-0.3, -0.25) is 4.79 Å². The fourth-order valence-electron chi connectivity index (χ4n) is 2.28. The number of carbonyl (C=O) groups excluding carboxylic acids is 1. The third kappa shape index (κ3) is 3.22. The maximum Gasteiger partial charge on any atom is 0.471 e. The summed E-state index contributed by atoms with van der Waals surface area (Å²) in [6.07, 6.45) is -2.87. The summed E-state index contributed by atoms with van der Waals surface area (Å²) in [5.74, 6) is -1.54. The molecule has 3 aromatic rings. The van der Waals surface area contributed by atoms with Gasteiger partial charge < -0.3 is 9.09 Å². The minimum absolute atomic E-state index is 0.0388. The van der Waals surface area contributed by atoms with Gasteiger partial charge in [0.2, 0.25) is 5.82 Å². The van der Waals surface area contributed by atoms with Crippen LogP contribution in [0.5, 0.6) is 0 Å². The quantitative estimate of drug-likeness (QED) is 0.680. The van der Waals surface area contributed by atoms with Gasteiger partial charge in [-0.25, -0.2) is 0 Å². The van der Waals surface area contributed by atoms with Gasteiger partial charge in [-0.05, 0) is 17.7 Å². The van der Waals surface area contributed by atoms with Crippen LogP contribution in [0.2, 0.25) is 0 Å². The molecule has 0 fully saturated rings. The zero-order valence-electron chi connectivity index (χ0n) is 12.5. The van der Waals surface area contributed by atoms with E-state index in [1.165, 1.54) is 6.92 Å². The van der Waals surface area contributed by atoms with Crippen molar-refractivity contribution in [3.05, 3.63) is 59.7 Å². The summed E-state index contributed by atoms with van der Waals surface area (Å²) in [5.41, 5.74) is 1.89. The summed E-state index contributed by atoms with van der Waals surface area (Å²) in [4.78, 5) is 14.8. The molecule has 24 heavy (non-hydrogen) atoms. The fraction of sp³-hybridized carbons (Fsp3) is 0.188. The Morgan fingerprint density at radius 3 is 2.50 bits per heavy atom. The largest absolute Gasteiger partial charge is 0.471 e.